The highest BCUT2D eigenvalue weighted by Crippen LogP contribution is 2.45. The number of methoxy groups -OCH3 is 1. The summed E-state index contributed by atoms with van der Waals surface area (Å²) in [6.45, 7) is -0.0611. The minimum Gasteiger partial charge on any atom is -0.497 e. The van der Waals surface area contributed by atoms with Crippen molar-refractivity contribution in [3.8, 4) is 5.75 Å². The molecule has 0 aliphatic carbocycles. The first kappa shape index (κ1) is 21.3. The third kappa shape index (κ3) is 5.03. The monoisotopic (exact) mass is 452 g/mol. The van der Waals surface area contributed by atoms with Gasteiger partial charge in [-0.05, 0) is 54.1 Å². The number of carbonyl (C=O) groups is 2. The Balaban J connectivity index is 1.56. The summed E-state index contributed by atoms with van der Waals surface area (Å²) in [4.78, 5) is 28.4. The lowest BCUT2D eigenvalue weighted by atomic mass is 10.1. The zero-order valence-electron chi connectivity index (χ0n) is 16.9. The number of benzene rings is 3. The van der Waals surface area contributed by atoms with Crippen LogP contribution in [0.4, 0.5) is 11.4 Å². The SMILES string of the molecule is COc1ccc([C@H]2CC(=O)N(CC(=O)Nc3ccc(Cl)cc3)c3ccccc3S2)cc1. The van der Waals surface area contributed by atoms with Gasteiger partial charge in [0.05, 0.1) is 12.8 Å². The third-order valence-corrected chi connectivity index (χ3v) is 6.58. The van der Waals surface area contributed by atoms with Crippen LogP contribution in [0.25, 0.3) is 0 Å². The molecule has 158 valence electrons. The number of carbonyl (C=O) groups excluding carboxylic acids is 2. The van der Waals surface area contributed by atoms with E-state index in [2.05, 4.69) is 5.32 Å². The lowest BCUT2D eigenvalue weighted by molar-refractivity contribution is -0.121. The van der Waals surface area contributed by atoms with E-state index in [1.807, 2.05) is 48.5 Å². The fraction of sp³-hybridized carbons (Fsp3) is 0.167. The molecule has 3 aromatic rings. The number of nitrogens with one attached hydrogen (secondary N) is 1. The molecule has 7 heteroatoms. The summed E-state index contributed by atoms with van der Waals surface area (Å²) < 4.78 is 5.24. The number of hydrogen-bond acceptors (Lipinski definition) is 4. The number of amides is 2. The molecule has 4 rings (SSSR count). The third-order valence-electron chi connectivity index (χ3n) is 5.00. The van der Waals surface area contributed by atoms with Crippen molar-refractivity contribution in [2.75, 3.05) is 23.9 Å². The fourth-order valence-corrected chi connectivity index (χ4v) is 4.84. The Morgan fingerprint density at radius 2 is 1.81 bits per heavy atom. The number of fused-ring (bicyclic) bond motifs is 1. The van der Waals surface area contributed by atoms with E-state index < -0.39 is 0 Å². The Labute approximate surface area is 190 Å². The minimum absolute atomic E-state index is 0.0520. The van der Waals surface area contributed by atoms with Crippen molar-refractivity contribution in [3.05, 3.63) is 83.4 Å². The average molecular weight is 453 g/mol. The van der Waals surface area contributed by atoms with E-state index in [-0.39, 0.29) is 23.6 Å². The lowest BCUT2D eigenvalue weighted by Gasteiger charge is -2.22. The second-order valence-electron chi connectivity index (χ2n) is 7.09. The first-order chi connectivity index (χ1) is 15.0. The van der Waals surface area contributed by atoms with E-state index in [0.717, 1.165) is 21.9 Å². The maximum atomic E-state index is 13.2. The van der Waals surface area contributed by atoms with Crippen LogP contribution in [0.2, 0.25) is 5.02 Å². The molecule has 0 spiro atoms. The summed E-state index contributed by atoms with van der Waals surface area (Å²) >= 11 is 7.54. The first-order valence-electron chi connectivity index (χ1n) is 9.79. The zero-order valence-corrected chi connectivity index (χ0v) is 18.5. The minimum atomic E-state index is -0.265. The molecule has 5 nitrogen and oxygen atoms in total. The second-order valence-corrected chi connectivity index (χ2v) is 8.77. The fourth-order valence-electron chi connectivity index (χ4n) is 3.43. The van der Waals surface area contributed by atoms with Gasteiger partial charge < -0.3 is 15.0 Å². The van der Waals surface area contributed by atoms with Gasteiger partial charge in [0.2, 0.25) is 11.8 Å². The van der Waals surface area contributed by atoms with E-state index in [1.54, 1.807) is 48.0 Å². The number of anilines is 2. The Morgan fingerprint density at radius 3 is 2.52 bits per heavy atom. The first-order valence-corrected chi connectivity index (χ1v) is 11.0. The summed E-state index contributed by atoms with van der Waals surface area (Å²) in [6, 6.07) is 22.3. The topological polar surface area (TPSA) is 58.6 Å². The molecule has 1 heterocycles. The van der Waals surface area contributed by atoms with Crippen LogP contribution in [0.3, 0.4) is 0 Å². The van der Waals surface area contributed by atoms with Gasteiger partial charge in [-0.3, -0.25) is 9.59 Å². The highest BCUT2D eigenvalue weighted by molar-refractivity contribution is 7.99. The van der Waals surface area contributed by atoms with Crippen molar-refractivity contribution in [2.45, 2.75) is 16.6 Å². The quantitative estimate of drug-likeness (QED) is 0.550. The molecular weight excluding hydrogens is 432 g/mol. The van der Waals surface area contributed by atoms with Crippen LogP contribution < -0.4 is 15.0 Å². The number of halogens is 1. The molecule has 0 saturated carbocycles. The molecule has 3 aromatic carbocycles. The molecule has 0 unspecified atom stereocenters. The van der Waals surface area contributed by atoms with E-state index >= 15 is 0 Å². The van der Waals surface area contributed by atoms with Crippen LogP contribution in [0.5, 0.6) is 5.75 Å². The van der Waals surface area contributed by atoms with Crippen LogP contribution in [0.15, 0.2) is 77.7 Å². The Morgan fingerprint density at radius 1 is 1.10 bits per heavy atom. The van der Waals surface area contributed by atoms with Gasteiger partial charge in [-0.2, -0.15) is 0 Å². The number of rotatable bonds is 5. The normalized spacial score (nSPS) is 15.7. The molecule has 0 saturated heterocycles. The Bertz CT molecular complexity index is 1090. The molecule has 1 atom stereocenters. The predicted molar refractivity (Wildman–Crippen MR) is 125 cm³/mol. The van der Waals surface area contributed by atoms with E-state index in [9.17, 15) is 9.59 Å². The van der Waals surface area contributed by atoms with Crippen molar-refractivity contribution >= 4 is 46.6 Å². The molecular formula is C24H21ClN2O3S. The zero-order chi connectivity index (χ0) is 21.8. The van der Waals surface area contributed by atoms with Gasteiger partial charge in [0, 0.05) is 27.3 Å². The van der Waals surface area contributed by atoms with Gasteiger partial charge in [0.15, 0.2) is 0 Å². The van der Waals surface area contributed by atoms with Crippen LogP contribution in [-0.4, -0.2) is 25.5 Å². The predicted octanol–water partition coefficient (Wildman–Crippen LogP) is 5.56. The van der Waals surface area contributed by atoms with Crippen LogP contribution in [-0.2, 0) is 9.59 Å². The average Bonchev–Trinajstić information content (AvgIpc) is 2.92. The summed E-state index contributed by atoms with van der Waals surface area (Å²) in [5, 5.41) is 3.37. The molecule has 2 amide bonds. The lowest BCUT2D eigenvalue weighted by Crippen LogP contribution is -2.38. The molecule has 0 bridgehead atoms. The van der Waals surface area contributed by atoms with Crippen molar-refractivity contribution in [1.29, 1.82) is 0 Å². The number of nitrogens with zero attached hydrogens (tertiary/aromatic N) is 1. The summed E-state index contributed by atoms with van der Waals surface area (Å²) in [5.41, 5.74) is 2.43. The molecule has 1 aliphatic rings. The van der Waals surface area contributed by atoms with Crippen molar-refractivity contribution in [2.24, 2.45) is 0 Å². The van der Waals surface area contributed by atoms with Gasteiger partial charge in [-0.1, -0.05) is 35.9 Å². The van der Waals surface area contributed by atoms with Crippen LogP contribution >= 0.6 is 23.4 Å². The molecule has 0 radical (unpaired) electrons. The second kappa shape index (κ2) is 9.45. The summed E-state index contributed by atoms with van der Waals surface area (Å²) in [7, 11) is 1.63. The smallest absolute Gasteiger partial charge is 0.244 e. The van der Waals surface area contributed by atoms with Crippen molar-refractivity contribution < 1.29 is 14.3 Å². The van der Waals surface area contributed by atoms with Crippen LogP contribution in [0.1, 0.15) is 17.2 Å². The molecule has 0 fully saturated rings. The maximum Gasteiger partial charge on any atom is 0.244 e. The van der Waals surface area contributed by atoms with E-state index in [4.69, 9.17) is 16.3 Å². The van der Waals surface area contributed by atoms with E-state index in [1.165, 1.54) is 0 Å². The highest BCUT2D eigenvalue weighted by Gasteiger charge is 2.30. The molecule has 1 N–H and O–H groups in total. The molecule has 31 heavy (non-hydrogen) atoms. The number of ether oxygens (including phenoxy) is 1. The van der Waals surface area contributed by atoms with E-state index in [0.29, 0.717) is 17.1 Å². The van der Waals surface area contributed by atoms with Crippen molar-refractivity contribution in [1.82, 2.24) is 0 Å². The number of para-hydroxylation sites is 1. The van der Waals surface area contributed by atoms with Crippen molar-refractivity contribution in [3.63, 3.8) is 0 Å². The Hall–Kier alpha value is -2.96. The molecule has 0 aromatic heterocycles. The van der Waals surface area contributed by atoms with Gasteiger partial charge in [-0.15, -0.1) is 11.8 Å². The van der Waals surface area contributed by atoms with Crippen LogP contribution in [0, 0.1) is 0 Å². The molecule has 1 aliphatic heterocycles. The van der Waals surface area contributed by atoms with Gasteiger partial charge in [0.25, 0.3) is 0 Å². The summed E-state index contributed by atoms with van der Waals surface area (Å²) in [5.74, 6) is 0.414. The van der Waals surface area contributed by atoms with Gasteiger partial charge in [-0.25, -0.2) is 0 Å². The van der Waals surface area contributed by atoms with Gasteiger partial charge >= 0.3 is 0 Å². The highest BCUT2D eigenvalue weighted by atomic mass is 35.5. The summed E-state index contributed by atoms with van der Waals surface area (Å²) in [6.07, 6.45) is 0.292. The largest absolute Gasteiger partial charge is 0.497 e. The standard InChI is InChI=1S/C24H21ClN2O3S/c1-30-19-12-6-16(7-13-19)22-14-24(29)27(20-4-2-3-5-21(20)31-22)15-23(28)26-18-10-8-17(25)9-11-18/h2-13,22H,14-15H2,1H3,(H,26,28)/t22-/m1/s1. The number of thioether (sulfide) groups is 1. The van der Waals surface area contributed by atoms with Gasteiger partial charge in [0.1, 0.15) is 12.3 Å². The maximum absolute atomic E-state index is 13.2. The Kier molecular flexibility index (Phi) is 6.49. The number of hydrogen-bond donors (Lipinski definition) is 1.